The number of rotatable bonds is 3. The molecule has 1 aliphatic rings. The Hall–Kier alpha value is -0.520. The van der Waals surface area contributed by atoms with Crippen molar-refractivity contribution in [3.05, 3.63) is 23.8 Å². The third-order valence-corrected chi connectivity index (χ3v) is 5.46. The van der Waals surface area contributed by atoms with Gasteiger partial charge in [-0.15, -0.1) is 11.8 Å². The first-order valence-electron chi connectivity index (χ1n) is 6.11. The summed E-state index contributed by atoms with van der Waals surface area (Å²) in [5, 5.41) is 3.33. The summed E-state index contributed by atoms with van der Waals surface area (Å²) in [7, 11) is -3.14. The summed E-state index contributed by atoms with van der Waals surface area (Å²) in [6.45, 7) is 2.03. The lowest BCUT2D eigenvalue weighted by Crippen LogP contribution is -2.26. The van der Waals surface area contributed by atoms with Crippen LogP contribution < -0.4 is 5.32 Å². The monoisotopic (exact) mass is 285 g/mol. The lowest BCUT2D eigenvalue weighted by molar-refractivity contribution is 0.459. The smallest absolute Gasteiger partial charge is 0.176 e. The molecule has 1 aromatic carbocycles. The average Bonchev–Trinajstić information content (AvgIpc) is 2.38. The van der Waals surface area contributed by atoms with E-state index < -0.39 is 9.84 Å². The van der Waals surface area contributed by atoms with Crippen LogP contribution in [0.1, 0.15) is 24.3 Å². The second-order valence-corrected chi connectivity index (χ2v) is 7.54. The van der Waals surface area contributed by atoms with E-state index in [9.17, 15) is 8.42 Å². The molecule has 0 amide bonds. The average molecular weight is 285 g/mol. The maximum Gasteiger partial charge on any atom is 0.176 e. The molecule has 3 nitrogen and oxygen atoms in total. The summed E-state index contributed by atoms with van der Waals surface area (Å²) in [5.41, 5.74) is 1.16. The molecule has 0 aromatic heterocycles. The van der Waals surface area contributed by atoms with E-state index in [-0.39, 0.29) is 0 Å². The largest absolute Gasteiger partial charge is 0.317 e. The minimum absolute atomic E-state index is 0.478. The van der Waals surface area contributed by atoms with Crippen LogP contribution in [0.4, 0.5) is 0 Å². The highest BCUT2D eigenvalue weighted by atomic mass is 32.2. The summed E-state index contributed by atoms with van der Waals surface area (Å²) in [6.07, 6.45) is 5.37. The summed E-state index contributed by atoms with van der Waals surface area (Å²) >= 11 is 1.49. The normalized spacial score (nSPS) is 17.9. The molecule has 1 aromatic rings. The maximum absolute atomic E-state index is 11.8. The van der Waals surface area contributed by atoms with Crippen LogP contribution in [0.3, 0.4) is 0 Å². The summed E-state index contributed by atoms with van der Waals surface area (Å²) in [5.74, 6) is 0.489. The molecular formula is C13H19NO2S2. The molecule has 0 atom stereocenters. The Bertz CT molecular complexity index is 520. The Morgan fingerprint density at radius 1 is 1.28 bits per heavy atom. The molecule has 1 saturated heterocycles. The molecule has 0 radical (unpaired) electrons. The van der Waals surface area contributed by atoms with Crippen molar-refractivity contribution in [3.63, 3.8) is 0 Å². The van der Waals surface area contributed by atoms with Crippen molar-refractivity contribution in [1.29, 1.82) is 0 Å². The second-order valence-electron chi connectivity index (χ2n) is 4.71. The highest BCUT2D eigenvalue weighted by molar-refractivity contribution is 7.99. The zero-order chi connectivity index (χ0) is 13.2. The predicted octanol–water partition coefficient (Wildman–Crippen LogP) is 2.28. The Morgan fingerprint density at radius 2 is 1.94 bits per heavy atom. The molecular weight excluding hydrogens is 266 g/mol. The van der Waals surface area contributed by atoms with Crippen LogP contribution in [0.5, 0.6) is 0 Å². The zero-order valence-electron chi connectivity index (χ0n) is 10.8. The maximum atomic E-state index is 11.8. The molecule has 2 rings (SSSR count). The molecule has 5 heteroatoms. The van der Waals surface area contributed by atoms with Crippen molar-refractivity contribution in [2.24, 2.45) is 0 Å². The van der Waals surface area contributed by atoms with Gasteiger partial charge in [0.1, 0.15) is 0 Å². The van der Waals surface area contributed by atoms with Crippen molar-refractivity contribution in [3.8, 4) is 0 Å². The Labute approximate surface area is 113 Å². The van der Waals surface area contributed by atoms with Gasteiger partial charge in [-0.3, -0.25) is 0 Å². The van der Waals surface area contributed by atoms with Gasteiger partial charge in [-0.2, -0.15) is 0 Å². The summed E-state index contributed by atoms with van der Waals surface area (Å²) in [6, 6.07) is 5.89. The van der Waals surface area contributed by atoms with Gasteiger partial charge in [0.25, 0.3) is 0 Å². The topological polar surface area (TPSA) is 46.2 Å². The van der Waals surface area contributed by atoms with Crippen molar-refractivity contribution in [2.45, 2.75) is 28.6 Å². The van der Waals surface area contributed by atoms with Gasteiger partial charge in [-0.05, 0) is 55.8 Å². The highest BCUT2D eigenvalue weighted by Gasteiger charge is 2.19. The van der Waals surface area contributed by atoms with Gasteiger partial charge in [-0.25, -0.2) is 8.42 Å². The number of nitrogens with one attached hydrogen (secondary N) is 1. The molecule has 100 valence electrons. The molecule has 0 bridgehead atoms. The summed E-state index contributed by atoms with van der Waals surface area (Å²) in [4.78, 5) is 1.32. The Morgan fingerprint density at radius 3 is 2.50 bits per heavy atom. The van der Waals surface area contributed by atoms with Crippen molar-refractivity contribution in [1.82, 2.24) is 5.32 Å². The van der Waals surface area contributed by atoms with Gasteiger partial charge in [0.2, 0.25) is 0 Å². The molecule has 0 spiro atoms. The molecule has 1 fully saturated rings. The van der Waals surface area contributed by atoms with Gasteiger partial charge >= 0.3 is 0 Å². The molecule has 0 aliphatic carbocycles. The molecule has 1 aliphatic heterocycles. The quantitative estimate of drug-likeness (QED) is 0.866. The fourth-order valence-electron chi connectivity index (χ4n) is 2.39. The van der Waals surface area contributed by atoms with E-state index in [1.165, 1.54) is 18.0 Å². The van der Waals surface area contributed by atoms with Gasteiger partial charge in [0.15, 0.2) is 9.84 Å². The first-order chi connectivity index (χ1) is 8.52. The van der Waals surface area contributed by atoms with E-state index in [0.717, 1.165) is 36.4 Å². The van der Waals surface area contributed by atoms with Crippen LogP contribution in [-0.2, 0) is 9.84 Å². The number of hydrogen-bond donors (Lipinski definition) is 1. The van der Waals surface area contributed by atoms with E-state index >= 15 is 0 Å². The SMILES string of the molecule is CSc1ccc(C2CCNCC2)cc1S(C)(=O)=O. The lowest BCUT2D eigenvalue weighted by atomic mass is 9.90. The number of thioether (sulfide) groups is 1. The van der Waals surface area contributed by atoms with Crippen molar-refractivity contribution < 1.29 is 8.42 Å². The molecule has 0 saturated carbocycles. The van der Waals surface area contributed by atoms with Gasteiger partial charge in [0, 0.05) is 11.2 Å². The van der Waals surface area contributed by atoms with E-state index in [0.29, 0.717) is 10.8 Å². The van der Waals surface area contributed by atoms with Crippen molar-refractivity contribution in [2.75, 3.05) is 25.6 Å². The fourth-order valence-corrected chi connectivity index (χ4v) is 4.34. The second kappa shape index (κ2) is 5.63. The standard InChI is InChI=1S/C13H19NO2S2/c1-17-12-4-3-11(9-13(12)18(2,15)16)10-5-7-14-8-6-10/h3-4,9-10,14H,5-8H2,1-2H3. The van der Waals surface area contributed by atoms with Gasteiger partial charge in [-0.1, -0.05) is 6.07 Å². The molecule has 1 N–H and O–H groups in total. The van der Waals surface area contributed by atoms with E-state index in [1.807, 2.05) is 18.4 Å². The fraction of sp³-hybridized carbons (Fsp3) is 0.538. The predicted molar refractivity (Wildman–Crippen MR) is 76.2 cm³/mol. The number of piperidine rings is 1. The van der Waals surface area contributed by atoms with Crippen molar-refractivity contribution >= 4 is 21.6 Å². The lowest BCUT2D eigenvalue weighted by Gasteiger charge is -2.23. The molecule has 18 heavy (non-hydrogen) atoms. The minimum atomic E-state index is -3.14. The Balaban J connectivity index is 2.39. The number of sulfone groups is 1. The van der Waals surface area contributed by atoms with E-state index in [1.54, 1.807) is 0 Å². The third-order valence-electron chi connectivity index (χ3n) is 3.40. The Kier molecular flexibility index (Phi) is 4.35. The number of hydrogen-bond acceptors (Lipinski definition) is 4. The van der Waals surface area contributed by atoms with Crippen LogP contribution in [0.15, 0.2) is 28.0 Å². The minimum Gasteiger partial charge on any atom is -0.317 e. The number of benzene rings is 1. The first kappa shape index (κ1) is 13.9. The van der Waals surface area contributed by atoms with Crippen LogP contribution in [0.25, 0.3) is 0 Å². The van der Waals surface area contributed by atoms with Gasteiger partial charge in [0.05, 0.1) is 4.90 Å². The van der Waals surface area contributed by atoms with Crippen LogP contribution in [0.2, 0.25) is 0 Å². The summed E-state index contributed by atoms with van der Waals surface area (Å²) < 4.78 is 23.6. The zero-order valence-corrected chi connectivity index (χ0v) is 12.4. The van der Waals surface area contributed by atoms with E-state index in [4.69, 9.17) is 0 Å². The van der Waals surface area contributed by atoms with Crippen LogP contribution in [-0.4, -0.2) is 34.0 Å². The van der Waals surface area contributed by atoms with Crippen LogP contribution in [0, 0.1) is 0 Å². The third kappa shape index (κ3) is 3.08. The van der Waals surface area contributed by atoms with Gasteiger partial charge < -0.3 is 5.32 Å². The highest BCUT2D eigenvalue weighted by Crippen LogP contribution is 2.31. The van der Waals surface area contributed by atoms with Crippen LogP contribution >= 0.6 is 11.8 Å². The van der Waals surface area contributed by atoms with E-state index in [2.05, 4.69) is 11.4 Å². The molecule has 0 unspecified atom stereocenters. The first-order valence-corrected chi connectivity index (χ1v) is 9.22. The molecule has 1 heterocycles.